The zero-order valence-electron chi connectivity index (χ0n) is 19.6. The molecule has 3 nitrogen and oxygen atoms in total. The van der Waals surface area contributed by atoms with E-state index < -0.39 is 5.97 Å². The lowest BCUT2D eigenvalue weighted by molar-refractivity contribution is -0.133. The Morgan fingerprint density at radius 3 is 2.62 bits per heavy atom. The lowest BCUT2D eigenvalue weighted by Crippen LogP contribution is -2.50. The van der Waals surface area contributed by atoms with Crippen LogP contribution < -0.4 is 0 Å². The number of carbonyl (C=O) groups is 1. The van der Waals surface area contributed by atoms with E-state index in [0.29, 0.717) is 35.7 Å². The van der Waals surface area contributed by atoms with Crippen LogP contribution >= 0.6 is 0 Å². The molecule has 7 atom stereocenters. The molecule has 32 heavy (non-hydrogen) atoms. The van der Waals surface area contributed by atoms with Crippen LogP contribution in [0.25, 0.3) is 0 Å². The molecule has 0 aliphatic heterocycles. The van der Waals surface area contributed by atoms with Crippen molar-refractivity contribution in [2.24, 2.45) is 34.5 Å². The molecule has 2 N–H and O–H groups in total. The molecule has 0 heterocycles. The van der Waals surface area contributed by atoms with Gasteiger partial charge in [-0.3, -0.25) is 0 Å². The first-order valence-corrected chi connectivity index (χ1v) is 12.7. The van der Waals surface area contributed by atoms with Crippen molar-refractivity contribution in [3.05, 3.63) is 59.2 Å². The van der Waals surface area contributed by atoms with Gasteiger partial charge in [0.15, 0.2) is 0 Å². The van der Waals surface area contributed by atoms with Crippen LogP contribution in [0.1, 0.15) is 70.8 Å². The van der Waals surface area contributed by atoms with E-state index in [4.69, 9.17) is 0 Å². The maximum Gasteiger partial charge on any atom is 0.331 e. The van der Waals surface area contributed by atoms with Gasteiger partial charge in [-0.05, 0) is 110 Å². The molecule has 4 aliphatic rings. The number of fused-ring (bicyclic) bond motifs is 5. The number of aliphatic carboxylic acids is 1. The molecule has 0 saturated heterocycles. The summed E-state index contributed by atoms with van der Waals surface area (Å²) in [6.45, 7) is 4.87. The number of carboxylic acid groups (broad SMARTS) is 1. The Kier molecular flexibility index (Phi) is 5.60. The summed E-state index contributed by atoms with van der Waals surface area (Å²) < 4.78 is 0. The topological polar surface area (TPSA) is 57.5 Å². The normalized spacial score (nSPS) is 39.2. The van der Waals surface area contributed by atoms with Crippen molar-refractivity contribution in [3.8, 4) is 0 Å². The fourth-order valence-electron chi connectivity index (χ4n) is 8.33. The third kappa shape index (κ3) is 3.48. The maximum absolute atomic E-state index is 11.5. The van der Waals surface area contributed by atoms with Gasteiger partial charge in [-0.25, -0.2) is 4.79 Å². The number of benzene rings is 1. The van der Waals surface area contributed by atoms with E-state index in [-0.39, 0.29) is 16.9 Å². The minimum absolute atomic E-state index is 0.118. The van der Waals surface area contributed by atoms with Gasteiger partial charge in [0.05, 0.1) is 6.10 Å². The summed E-state index contributed by atoms with van der Waals surface area (Å²) in [5.74, 6) is 1.65. The molecule has 0 amide bonds. The highest BCUT2D eigenvalue weighted by Crippen LogP contribution is 2.66. The monoisotopic (exact) mass is 434 g/mol. The highest BCUT2D eigenvalue weighted by molar-refractivity contribution is 5.87. The summed E-state index contributed by atoms with van der Waals surface area (Å²) in [6, 6.07) is 10.6. The van der Waals surface area contributed by atoms with E-state index >= 15 is 0 Å². The Morgan fingerprint density at radius 1 is 1.09 bits per heavy atom. The predicted octanol–water partition coefficient (Wildman–Crippen LogP) is 6.18. The average Bonchev–Trinajstić information content (AvgIpc) is 3.15. The fourth-order valence-corrected chi connectivity index (χ4v) is 8.33. The van der Waals surface area contributed by atoms with Crippen LogP contribution in [0.5, 0.6) is 0 Å². The lowest BCUT2D eigenvalue weighted by atomic mass is 9.47. The Labute approximate surface area is 192 Å². The Bertz CT molecular complexity index is 931. The summed E-state index contributed by atoms with van der Waals surface area (Å²) in [6.07, 6.45) is 13.5. The summed E-state index contributed by atoms with van der Waals surface area (Å²) in [7, 11) is 0. The largest absolute Gasteiger partial charge is 0.478 e. The van der Waals surface area contributed by atoms with Gasteiger partial charge in [0, 0.05) is 5.57 Å². The van der Waals surface area contributed by atoms with E-state index in [9.17, 15) is 15.0 Å². The predicted molar refractivity (Wildman–Crippen MR) is 127 cm³/mol. The number of hydrogen-bond donors (Lipinski definition) is 2. The first-order valence-electron chi connectivity index (χ1n) is 12.7. The summed E-state index contributed by atoms with van der Waals surface area (Å²) in [5, 5.41) is 20.7. The minimum Gasteiger partial charge on any atom is -0.478 e. The third-order valence-corrected chi connectivity index (χ3v) is 10.2. The Hall–Kier alpha value is -1.87. The number of aliphatic hydroxyl groups excluding tert-OH is 1. The van der Waals surface area contributed by atoms with Crippen LogP contribution in [0, 0.1) is 34.5 Å². The van der Waals surface area contributed by atoms with Gasteiger partial charge >= 0.3 is 5.97 Å². The van der Waals surface area contributed by atoms with Crippen LogP contribution in [0.2, 0.25) is 0 Å². The number of carboxylic acids is 1. The van der Waals surface area contributed by atoms with Crippen LogP contribution in [0.4, 0.5) is 0 Å². The van der Waals surface area contributed by atoms with Crippen LogP contribution in [-0.4, -0.2) is 22.3 Å². The van der Waals surface area contributed by atoms with Crippen molar-refractivity contribution >= 4 is 5.97 Å². The molecule has 3 heteroatoms. The molecule has 1 aromatic carbocycles. The molecule has 2 fully saturated rings. The summed E-state index contributed by atoms with van der Waals surface area (Å²) in [4.78, 5) is 11.5. The molecule has 0 radical (unpaired) electrons. The number of allylic oxidation sites excluding steroid dienone is 3. The molecule has 0 bridgehead atoms. The Morgan fingerprint density at radius 2 is 1.88 bits per heavy atom. The zero-order valence-corrected chi connectivity index (χ0v) is 19.6. The first-order chi connectivity index (χ1) is 15.3. The van der Waals surface area contributed by atoms with Gasteiger partial charge < -0.3 is 10.2 Å². The van der Waals surface area contributed by atoms with Gasteiger partial charge in [0.25, 0.3) is 0 Å². The summed E-state index contributed by atoms with van der Waals surface area (Å²) in [5.41, 5.74) is 3.53. The molecule has 1 aromatic rings. The maximum atomic E-state index is 11.5. The van der Waals surface area contributed by atoms with Crippen molar-refractivity contribution in [1.29, 1.82) is 0 Å². The Balaban J connectivity index is 1.33. The van der Waals surface area contributed by atoms with Crippen LogP contribution in [0.3, 0.4) is 0 Å². The first kappa shape index (κ1) is 21.9. The van der Waals surface area contributed by atoms with E-state index in [1.807, 2.05) is 6.08 Å². The molecule has 2 saturated carbocycles. The fraction of sp³-hybridized carbons (Fsp3) is 0.621. The van der Waals surface area contributed by atoms with Crippen molar-refractivity contribution in [2.45, 2.75) is 77.7 Å². The van der Waals surface area contributed by atoms with E-state index in [1.165, 1.54) is 30.4 Å². The van der Waals surface area contributed by atoms with E-state index in [0.717, 1.165) is 32.1 Å². The quantitative estimate of drug-likeness (QED) is 0.582. The third-order valence-electron chi connectivity index (χ3n) is 10.2. The molecular formula is C29H38O3. The highest BCUT2D eigenvalue weighted by atomic mass is 16.4. The van der Waals surface area contributed by atoms with Crippen LogP contribution in [0.15, 0.2) is 53.6 Å². The van der Waals surface area contributed by atoms with Crippen molar-refractivity contribution < 1.29 is 15.0 Å². The van der Waals surface area contributed by atoms with E-state index in [1.54, 1.807) is 0 Å². The molecular weight excluding hydrogens is 396 g/mol. The van der Waals surface area contributed by atoms with Crippen molar-refractivity contribution in [2.75, 3.05) is 0 Å². The second-order valence-electron chi connectivity index (χ2n) is 11.5. The van der Waals surface area contributed by atoms with Crippen LogP contribution in [-0.2, 0) is 11.2 Å². The van der Waals surface area contributed by atoms with Gasteiger partial charge in [0.1, 0.15) is 0 Å². The van der Waals surface area contributed by atoms with Crippen molar-refractivity contribution in [3.63, 3.8) is 0 Å². The lowest BCUT2D eigenvalue weighted by Gasteiger charge is -2.57. The molecule has 0 spiro atoms. The van der Waals surface area contributed by atoms with Gasteiger partial charge in [-0.2, -0.15) is 0 Å². The van der Waals surface area contributed by atoms with Gasteiger partial charge in [0.2, 0.25) is 0 Å². The number of aliphatic hydroxyl groups is 1. The molecule has 5 rings (SSSR count). The molecule has 0 aromatic heterocycles. The highest BCUT2D eigenvalue weighted by Gasteiger charge is 2.59. The minimum atomic E-state index is -0.755. The summed E-state index contributed by atoms with van der Waals surface area (Å²) >= 11 is 0. The molecule has 0 unspecified atom stereocenters. The van der Waals surface area contributed by atoms with Crippen molar-refractivity contribution in [1.82, 2.24) is 0 Å². The SMILES string of the molecule is C[C@]12CC[C@H]3[C@@H](CC=C4C=C(C(=O)O)CC[C@@]43C)[C@@H]1CC[C@@H]2[C@H](O)CCc1ccccc1. The zero-order chi connectivity index (χ0) is 22.5. The number of rotatable bonds is 5. The molecule has 172 valence electrons. The second kappa shape index (κ2) is 8.17. The second-order valence-corrected chi connectivity index (χ2v) is 11.5. The smallest absolute Gasteiger partial charge is 0.331 e. The standard InChI is InChI=1S/C29H38O3/c1-28-16-14-20(27(31)32)18-21(28)9-10-22-23-11-12-25(29(23,2)17-15-24(22)28)26(30)13-8-19-6-4-3-5-7-19/h3-7,9,18,22-26,30H,8,10-17H2,1-2H3,(H,31,32)/t22-,23-,24-,25+,26+,28-,29-/m0/s1. The molecule has 4 aliphatic carbocycles. The average molecular weight is 435 g/mol. The number of hydrogen-bond acceptors (Lipinski definition) is 2. The number of aryl methyl sites for hydroxylation is 1. The van der Waals surface area contributed by atoms with E-state index in [2.05, 4.69) is 50.3 Å². The van der Waals surface area contributed by atoms with Gasteiger partial charge in [-0.1, -0.05) is 50.3 Å². The van der Waals surface area contributed by atoms with Gasteiger partial charge in [-0.15, -0.1) is 0 Å².